The number of imidazole rings is 1. The minimum absolute atomic E-state index is 0.0827. The Hall–Kier alpha value is -4.71. The number of nitrogens with zero attached hydrogens (tertiary/aromatic N) is 4. The Morgan fingerprint density at radius 2 is 1.52 bits per heavy atom. The molecule has 5 aromatic rings. The third-order valence-electron chi connectivity index (χ3n) is 7.21. The second kappa shape index (κ2) is 12.9. The highest BCUT2D eigenvalue weighted by Crippen LogP contribution is 2.44. The van der Waals surface area contributed by atoms with Gasteiger partial charge in [-0.1, -0.05) is 24.3 Å². The Morgan fingerprint density at radius 1 is 0.909 bits per heavy atom. The Labute approximate surface area is 257 Å². The average Bonchev–Trinajstić information content (AvgIpc) is 3.67. The van der Waals surface area contributed by atoms with Gasteiger partial charge in [0.1, 0.15) is 17.0 Å². The Bertz CT molecular complexity index is 1680. The van der Waals surface area contributed by atoms with Gasteiger partial charge in [-0.15, -0.1) is 0 Å². The topological polar surface area (TPSA) is 85.0 Å². The van der Waals surface area contributed by atoms with E-state index in [1.54, 1.807) is 39.6 Å². The van der Waals surface area contributed by atoms with Crippen LogP contribution in [0, 0.1) is 0 Å². The first-order chi connectivity index (χ1) is 21.4. The molecule has 3 aromatic carbocycles. The summed E-state index contributed by atoms with van der Waals surface area (Å²) in [7, 11) is 4.92. The molecule has 0 unspecified atom stereocenters. The van der Waals surface area contributed by atoms with E-state index < -0.39 is 13.0 Å². The summed E-state index contributed by atoms with van der Waals surface area (Å²) in [4.78, 5) is 17.5. The summed E-state index contributed by atoms with van der Waals surface area (Å²) in [5, 5.41) is 0.591. The van der Waals surface area contributed by atoms with E-state index in [0.29, 0.717) is 51.7 Å². The van der Waals surface area contributed by atoms with E-state index in [2.05, 4.69) is 9.88 Å². The van der Waals surface area contributed by atoms with Gasteiger partial charge in [0.05, 0.1) is 32.0 Å². The van der Waals surface area contributed by atoms with E-state index in [9.17, 15) is 8.78 Å². The Morgan fingerprint density at radius 3 is 2.11 bits per heavy atom. The monoisotopic (exact) mass is 619 g/mol. The van der Waals surface area contributed by atoms with E-state index in [0.717, 1.165) is 28.1 Å². The minimum atomic E-state index is -2.49. The summed E-state index contributed by atoms with van der Waals surface area (Å²) in [6.07, 6.45) is -0.743. The zero-order chi connectivity index (χ0) is 30.6. The maximum absolute atomic E-state index is 13.3. The molecule has 1 aliphatic rings. The first-order valence-corrected chi connectivity index (χ1v) is 14.7. The lowest BCUT2D eigenvalue weighted by Gasteiger charge is -2.24. The van der Waals surface area contributed by atoms with Gasteiger partial charge in [-0.2, -0.15) is 0 Å². The van der Waals surface area contributed by atoms with Crippen LogP contribution in [-0.4, -0.2) is 56.0 Å². The van der Waals surface area contributed by atoms with Crippen molar-refractivity contribution < 1.29 is 27.7 Å². The normalized spacial score (nSPS) is 12.1. The van der Waals surface area contributed by atoms with Gasteiger partial charge >= 0.3 is 0 Å². The average molecular weight is 620 g/mol. The highest BCUT2D eigenvalue weighted by Gasteiger charge is 2.23. The molecule has 0 saturated carbocycles. The fraction of sp³-hybridized carbons (Fsp3) is 0.250. The van der Waals surface area contributed by atoms with Crippen LogP contribution in [0.3, 0.4) is 0 Å². The molecule has 9 nitrogen and oxygen atoms in total. The maximum Gasteiger partial charge on any atom is 0.255 e. The van der Waals surface area contributed by atoms with Crippen LogP contribution >= 0.6 is 11.8 Å². The summed E-state index contributed by atoms with van der Waals surface area (Å²) in [5.41, 5.74) is 4.25. The first kappa shape index (κ1) is 29.4. The molecule has 3 heterocycles. The van der Waals surface area contributed by atoms with Crippen molar-refractivity contribution in [2.75, 3.05) is 44.4 Å². The van der Waals surface area contributed by atoms with Crippen molar-refractivity contribution in [2.24, 2.45) is 0 Å². The third-order valence-corrected chi connectivity index (χ3v) is 8.14. The zero-order valence-corrected chi connectivity index (χ0v) is 25.2. The van der Waals surface area contributed by atoms with Crippen molar-refractivity contribution in [3.63, 3.8) is 0 Å². The van der Waals surface area contributed by atoms with Gasteiger partial charge in [-0.25, -0.2) is 18.7 Å². The molecule has 0 bridgehead atoms. The van der Waals surface area contributed by atoms with Crippen LogP contribution in [-0.2, 0) is 13.1 Å². The van der Waals surface area contributed by atoms with Gasteiger partial charge in [0, 0.05) is 43.4 Å². The molecule has 1 aliphatic heterocycles. The predicted molar refractivity (Wildman–Crippen MR) is 166 cm³/mol. The van der Waals surface area contributed by atoms with E-state index in [1.807, 2.05) is 54.6 Å². The standard InChI is InChI=1S/C32H31F2N5O4S/c1-38(18-29(33)34)25-14-26-27(43-19-42-26)15-28(25)44-32-36-24-12-13-35-31(30(24)37-32)39(16-20-4-8-22(40-2)9-5-20)17-21-6-10-23(41-3)11-7-21/h4-15,29H,16-19H2,1-3H3,(H,36,37). The molecule has 0 spiro atoms. The van der Waals surface area contributed by atoms with Gasteiger partial charge in [0.2, 0.25) is 6.79 Å². The van der Waals surface area contributed by atoms with Crippen LogP contribution in [0.5, 0.6) is 23.0 Å². The molecule has 0 amide bonds. The molecular weight excluding hydrogens is 588 g/mol. The quantitative estimate of drug-likeness (QED) is 0.163. The van der Waals surface area contributed by atoms with Gasteiger partial charge in [-0.05, 0) is 53.2 Å². The Kier molecular flexibility index (Phi) is 8.60. The summed E-state index contributed by atoms with van der Waals surface area (Å²) >= 11 is 1.34. The lowest BCUT2D eigenvalue weighted by atomic mass is 10.1. The first-order valence-electron chi connectivity index (χ1n) is 13.9. The molecule has 0 atom stereocenters. The summed E-state index contributed by atoms with van der Waals surface area (Å²) < 4.78 is 48.4. The number of pyridine rings is 1. The molecule has 0 saturated heterocycles. The van der Waals surface area contributed by atoms with Crippen LogP contribution in [0.15, 0.2) is 83.0 Å². The predicted octanol–water partition coefficient (Wildman–Crippen LogP) is 6.76. The van der Waals surface area contributed by atoms with Crippen LogP contribution in [0.4, 0.5) is 20.3 Å². The number of fused-ring (bicyclic) bond motifs is 2. The van der Waals surface area contributed by atoms with Crippen molar-refractivity contribution in [1.82, 2.24) is 15.0 Å². The number of anilines is 2. The SMILES string of the molecule is COc1ccc(CN(Cc2ccc(OC)cc2)c2nccc3[nH]c(Sc4cc5c(cc4N(C)CC(F)F)OCO5)nc23)cc1. The molecule has 228 valence electrons. The fourth-order valence-electron chi connectivity index (χ4n) is 4.99. The van der Waals surface area contributed by atoms with E-state index in [-0.39, 0.29) is 6.79 Å². The number of halogens is 2. The lowest BCUT2D eigenvalue weighted by Crippen LogP contribution is -2.24. The lowest BCUT2D eigenvalue weighted by molar-refractivity contribution is 0.156. The van der Waals surface area contributed by atoms with Crippen molar-refractivity contribution in [3.8, 4) is 23.0 Å². The molecule has 0 radical (unpaired) electrons. The fourth-order valence-corrected chi connectivity index (χ4v) is 5.98. The van der Waals surface area contributed by atoms with Crippen LogP contribution < -0.4 is 28.7 Å². The number of alkyl halides is 2. The number of methoxy groups -OCH3 is 2. The summed E-state index contributed by atoms with van der Waals surface area (Å²) in [6, 6.07) is 21.3. The van der Waals surface area contributed by atoms with E-state index in [4.69, 9.17) is 28.9 Å². The number of H-pyrrole nitrogens is 1. The van der Waals surface area contributed by atoms with Crippen molar-refractivity contribution in [1.29, 1.82) is 0 Å². The molecule has 1 N–H and O–H groups in total. The number of nitrogens with one attached hydrogen (secondary N) is 1. The van der Waals surface area contributed by atoms with Crippen molar-refractivity contribution in [3.05, 3.63) is 84.1 Å². The largest absolute Gasteiger partial charge is 0.497 e. The van der Waals surface area contributed by atoms with Crippen LogP contribution in [0.1, 0.15) is 11.1 Å². The molecule has 12 heteroatoms. The van der Waals surface area contributed by atoms with Gasteiger partial charge < -0.3 is 33.7 Å². The zero-order valence-electron chi connectivity index (χ0n) is 24.4. The van der Waals surface area contributed by atoms with Crippen molar-refractivity contribution >= 4 is 34.3 Å². The number of hydrogen-bond acceptors (Lipinski definition) is 9. The second-order valence-corrected chi connectivity index (χ2v) is 11.2. The van der Waals surface area contributed by atoms with Crippen molar-refractivity contribution in [2.45, 2.75) is 29.6 Å². The minimum Gasteiger partial charge on any atom is -0.497 e. The highest BCUT2D eigenvalue weighted by atomic mass is 32.2. The molecule has 2 aromatic heterocycles. The summed E-state index contributed by atoms with van der Waals surface area (Å²) in [6.45, 7) is 0.802. The number of hydrogen-bond donors (Lipinski definition) is 1. The number of rotatable bonds is 12. The Balaban J connectivity index is 1.35. The van der Waals surface area contributed by atoms with E-state index in [1.165, 1.54) is 16.7 Å². The molecule has 44 heavy (non-hydrogen) atoms. The number of ether oxygens (including phenoxy) is 4. The summed E-state index contributed by atoms with van der Waals surface area (Å²) in [5.74, 6) is 3.36. The third kappa shape index (κ3) is 6.45. The molecule has 6 rings (SSSR count). The molecule has 0 aliphatic carbocycles. The van der Waals surface area contributed by atoms with Gasteiger partial charge in [0.15, 0.2) is 22.5 Å². The number of aromatic nitrogens is 3. The highest BCUT2D eigenvalue weighted by molar-refractivity contribution is 7.99. The van der Waals surface area contributed by atoms with Crippen LogP contribution in [0.2, 0.25) is 0 Å². The van der Waals surface area contributed by atoms with Crippen LogP contribution in [0.25, 0.3) is 11.0 Å². The number of benzene rings is 3. The number of aromatic amines is 1. The molecule has 0 fully saturated rings. The second-order valence-electron chi connectivity index (χ2n) is 10.2. The maximum atomic E-state index is 13.3. The van der Waals surface area contributed by atoms with E-state index >= 15 is 0 Å². The van der Waals surface area contributed by atoms with Gasteiger partial charge in [-0.3, -0.25) is 0 Å². The molecular formula is C32H31F2N5O4S. The van der Waals surface area contributed by atoms with Gasteiger partial charge in [0.25, 0.3) is 6.43 Å². The smallest absolute Gasteiger partial charge is 0.255 e.